The van der Waals surface area contributed by atoms with Gasteiger partial charge in [0.1, 0.15) is 0 Å². The van der Waals surface area contributed by atoms with Crippen LogP contribution in [0.15, 0.2) is 29.3 Å². The number of rotatable bonds is 5. The molecule has 2 N–H and O–H groups in total. The van der Waals surface area contributed by atoms with E-state index in [4.69, 9.17) is 17.3 Å². The van der Waals surface area contributed by atoms with Crippen LogP contribution >= 0.6 is 11.6 Å². The zero-order chi connectivity index (χ0) is 13.0. The fourth-order valence-corrected chi connectivity index (χ4v) is 2.55. The van der Waals surface area contributed by atoms with E-state index < -0.39 is 0 Å². The van der Waals surface area contributed by atoms with Crippen LogP contribution in [-0.4, -0.2) is 18.5 Å². The van der Waals surface area contributed by atoms with Gasteiger partial charge in [0.25, 0.3) is 0 Å². The maximum absolute atomic E-state index is 6.04. The minimum absolute atomic E-state index is 0.384. The number of nitrogens with zero attached hydrogens (tertiary/aromatic N) is 2. The normalized spacial score (nSPS) is 19.1. The SMILES string of the molecule is CCCCCC1CN=C(N)N1c1cccc(Cl)c1. The van der Waals surface area contributed by atoms with Gasteiger partial charge in [0, 0.05) is 10.7 Å². The lowest BCUT2D eigenvalue weighted by molar-refractivity contribution is 0.580. The van der Waals surface area contributed by atoms with Crippen LogP contribution in [-0.2, 0) is 0 Å². The van der Waals surface area contributed by atoms with Crippen LogP contribution in [0.5, 0.6) is 0 Å². The standard InChI is InChI=1S/C14H20ClN3/c1-2-3-4-7-13-10-17-14(16)18(13)12-8-5-6-11(15)9-12/h5-6,8-9,13H,2-4,7,10H2,1H3,(H2,16,17). The Kier molecular flexibility index (Phi) is 4.48. The smallest absolute Gasteiger partial charge is 0.196 e. The summed E-state index contributed by atoms with van der Waals surface area (Å²) in [4.78, 5) is 6.47. The molecule has 0 fully saturated rings. The number of guanidine groups is 1. The number of aliphatic imine (C=N–C) groups is 1. The first kappa shape index (κ1) is 13.2. The van der Waals surface area contributed by atoms with Gasteiger partial charge in [0.15, 0.2) is 5.96 Å². The zero-order valence-electron chi connectivity index (χ0n) is 10.8. The molecule has 0 bridgehead atoms. The van der Waals surface area contributed by atoms with E-state index >= 15 is 0 Å². The second-order valence-corrected chi connectivity index (χ2v) is 5.13. The molecule has 18 heavy (non-hydrogen) atoms. The third kappa shape index (κ3) is 2.96. The number of hydrogen-bond acceptors (Lipinski definition) is 3. The molecule has 1 unspecified atom stereocenters. The fourth-order valence-electron chi connectivity index (χ4n) is 2.36. The van der Waals surface area contributed by atoms with Gasteiger partial charge >= 0.3 is 0 Å². The minimum Gasteiger partial charge on any atom is -0.370 e. The summed E-state index contributed by atoms with van der Waals surface area (Å²) < 4.78 is 0. The molecule has 2 rings (SSSR count). The predicted octanol–water partition coefficient (Wildman–Crippen LogP) is 3.42. The molecule has 0 saturated heterocycles. The summed E-state index contributed by atoms with van der Waals surface area (Å²) in [6, 6.07) is 8.19. The van der Waals surface area contributed by atoms with Gasteiger partial charge in [0.2, 0.25) is 0 Å². The van der Waals surface area contributed by atoms with Gasteiger partial charge in [-0.2, -0.15) is 0 Å². The molecule has 0 amide bonds. The second-order valence-electron chi connectivity index (χ2n) is 4.70. The number of unbranched alkanes of at least 4 members (excludes halogenated alkanes) is 2. The molecule has 1 aliphatic heterocycles. The van der Waals surface area contributed by atoms with Crippen molar-refractivity contribution in [2.24, 2.45) is 10.7 Å². The van der Waals surface area contributed by atoms with Crippen molar-refractivity contribution in [3.63, 3.8) is 0 Å². The molecule has 4 heteroatoms. The van der Waals surface area contributed by atoms with Crippen LogP contribution in [0.2, 0.25) is 5.02 Å². The molecule has 98 valence electrons. The first-order valence-corrected chi connectivity index (χ1v) is 6.95. The minimum atomic E-state index is 0.384. The molecule has 1 aromatic rings. The van der Waals surface area contributed by atoms with Gasteiger partial charge in [-0.1, -0.05) is 43.9 Å². The topological polar surface area (TPSA) is 41.6 Å². The van der Waals surface area contributed by atoms with E-state index in [0.717, 1.165) is 23.7 Å². The highest BCUT2D eigenvalue weighted by Gasteiger charge is 2.26. The van der Waals surface area contributed by atoms with Gasteiger partial charge in [-0.15, -0.1) is 0 Å². The van der Waals surface area contributed by atoms with Gasteiger partial charge in [-0.3, -0.25) is 4.99 Å². The second kappa shape index (κ2) is 6.10. The molecule has 1 aromatic carbocycles. The molecular formula is C14H20ClN3. The Hall–Kier alpha value is -1.22. The van der Waals surface area contributed by atoms with E-state index in [0.29, 0.717) is 12.0 Å². The fraction of sp³-hybridized carbons (Fsp3) is 0.500. The number of anilines is 1. The van der Waals surface area contributed by atoms with Crippen molar-refractivity contribution >= 4 is 23.2 Å². The number of nitrogens with two attached hydrogens (primary N) is 1. The third-order valence-electron chi connectivity index (χ3n) is 3.30. The molecule has 1 aliphatic rings. The van der Waals surface area contributed by atoms with Crippen molar-refractivity contribution in [1.29, 1.82) is 0 Å². The van der Waals surface area contributed by atoms with E-state index in [2.05, 4.69) is 16.8 Å². The first-order valence-electron chi connectivity index (χ1n) is 6.57. The van der Waals surface area contributed by atoms with E-state index in [1.165, 1.54) is 19.3 Å². The van der Waals surface area contributed by atoms with Crippen molar-refractivity contribution in [1.82, 2.24) is 0 Å². The largest absolute Gasteiger partial charge is 0.370 e. The lowest BCUT2D eigenvalue weighted by atomic mass is 10.1. The molecular weight excluding hydrogens is 246 g/mol. The van der Waals surface area contributed by atoms with Gasteiger partial charge in [0.05, 0.1) is 12.6 Å². The Morgan fingerprint density at radius 2 is 2.28 bits per heavy atom. The van der Waals surface area contributed by atoms with Crippen LogP contribution in [0.25, 0.3) is 0 Å². The third-order valence-corrected chi connectivity index (χ3v) is 3.54. The maximum atomic E-state index is 6.04. The molecule has 1 heterocycles. The summed E-state index contributed by atoms with van der Waals surface area (Å²) in [6.45, 7) is 3.01. The van der Waals surface area contributed by atoms with Crippen molar-refractivity contribution in [2.45, 2.75) is 38.6 Å². The lowest BCUT2D eigenvalue weighted by Crippen LogP contribution is -2.40. The van der Waals surface area contributed by atoms with Crippen LogP contribution in [0.1, 0.15) is 32.6 Å². The van der Waals surface area contributed by atoms with Crippen LogP contribution < -0.4 is 10.6 Å². The Morgan fingerprint density at radius 3 is 3.00 bits per heavy atom. The number of halogens is 1. The van der Waals surface area contributed by atoms with Crippen molar-refractivity contribution in [3.05, 3.63) is 29.3 Å². The number of hydrogen-bond donors (Lipinski definition) is 1. The van der Waals surface area contributed by atoms with Crippen molar-refractivity contribution in [2.75, 3.05) is 11.4 Å². The van der Waals surface area contributed by atoms with Gasteiger partial charge in [-0.05, 0) is 24.6 Å². The number of benzene rings is 1. The highest BCUT2D eigenvalue weighted by molar-refractivity contribution is 6.30. The molecule has 0 spiro atoms. The molecule has 0 aliphatic carbocycles. The monoisotopic (exact) mass is 265 g/mol. The summed E-state index contributed by atoms with van der Waals surface area (Å²) in [5.41, 5.74) is 7.03. The quantitative estimate of drug-likeness (QED) is 0.829. The first-order chi connectivity index (χ1) is 8.72. The molecule has 0 radical (unpaired) electrons. The average Bonchev–Trinajstić information content (AvgIpc) is 2.71. The summed E-state index contributed by atoms with van der Waals surface area (Å²) >= 11 is 6.04. The Labute approximate surface area is 114 Å². The van der Waals surface area contributed by atoms with Crippen LogP contribution in [0.3, 0.4) is 0 Å². The van der Waals surface area contributed by atoms with Gasteiger partial charge in [-0.25, -0.2) is 0 Å². The Morgan fingerprint density at radius 1 is 1.44 bits per heavy atom. The van der Waals surface area contributed by atoms with Crippen LogP contribution in [0, 0.1) is 0 Å². The van der Waals surface area contributed by atoms with E-state index in [1.807, 2.05) is 24.3 Å². The highest BCUT2D eigenvalue weighted by atomic mass is 35.5. The zero-order valence-corrected chi connectivity index (χ0v) is 11.5. The van der Waals surface area contributed by atoms with E-state index in [-0.39, 0.29) is 0 Å². The van der Waals surface area contributed by atoms with E-state index in [9.17, 15) is 0 Å². The summed E-state index contributed by atoms with van der Waals surface area (Å²) in [6.07, 6.45) is 4.85. The Balaban J connectivity index is 2.10. The Bertz CT molecular complexity index is 431. The van der Waals surface area contributed by atoms with E-state index in [1.54, 1.807) is 0 Å². The van der Waals surface area contributed by atoms with Gasteiger partial charge < -0.3 is 10.6 Å². The summed E-state index contributed by atoms with van der Waals surface area (Å²) in [5, 5.41) is 0.736. The summed E-state index contributed by atoms with van der Waals surface area (Å²) in [5.74, 6) is 0.610. The lowest BCUT2D eigenvalue weighted by Gasteiger charge is -2.26. The van der Waals surface area contributed by atoms with Crippen LogP contribution in [0.4, 0.5) is 5.69 Å². The molecule has 0 saturated carbocycles. The molecule has 1 atom stereocenters. The molecule has 0 aromatic heterocycles. The summed E-state index contributed by atoms with van der Waals surface area (Å²) in [7, 11) is 0. The maximum Gasteiger partial charge on any atom is 0.196 e. The van der Waals surface area contributed by atoms with Crippen molar-refractivity contribution in [3.8, 4) is 0 Å². The predicted molar refractivity (Wildman–Crippen MR) is 78.4 cm³/mol. The highest BCUT2D eigenvalue weighted by Crippen LogP contribution is 2.26. The molecule has 3 nitrogen and oxygen atoms in total. The van der Waals surface area contributed by atoms with Crippen molar-refractivity contribution < 1.29 is 0 Å². The average molecular weight is 266 g/mol.